The number of rotatable bonds is 4. The Bertz CT molecular complexity index is 679. The summed E-state index contributed by atoms with van der Waals surface area (Å²) < 4.78 is 11.3. The Morgan fingerprint density at radius 1 is 1.23 bits per heavy atom. The predicted molar refractivity (Wildman–Crippen MR) is 83.4 cm³/mol. The third-order valence-corrected chi connectivity index (χ3v) is 3.94. The summed E-state index contributed by atoms with van der Waals surface area (Å²) in [6.45, 7) is 4.87. The maximum absolute atomic E-state index is 11.5. The molecule has 0 spiro atoms. The molecular formula is C17H19NO4. The highest BCUT2D eigenvalue weighted by Crippen LogP contribution is 2.27. The fourth-order valence-corrected chi connectivity index (χ4v) is 2.68. The molecule has 1 saturated heterocycles. The van der Waals surface area contributed by atoms with Crippen molar-refractivity contribution in [3.63, 3.8) is 0 Å². The second kappa shape index (κ2) is 6.34. The lowest BCUT2D eigenvalue weighted by Gasteiger charge is -2.32. The number of ether oxygens (including phenoxy) is 2. The van der Waals surface area contributed by atoms with Gasteiger partial charge in [0.2, 0.25) is 0 Å². The number of carbonyl (C=O) groups is 1. The SMILES string of the molecule is CC(Oc1cc2ccccc2cc1C(=O)O)N1CCOCC1. The Labute approximate surface area is 129 Å². The van der Waals surface area contributed by atoms with E-state index in [-0.39, 0.29) is 11.8 Å². The van der Waals surface area contributed by atoms with E-state index in [2.05, 4.69) is 4.90 Å². The van der Waals surface area contributed by atoms with Crippen molar-refractivity contribution in [1.29, 1.82) is 0 Å². The van der Waals surface area contributed by atoms with Gasteiger partial charge < -0.3 is 14.6 Å². The van der Waals surface area contributed by atoms with E-state index in [0.29, 0.717) is 19.0 Å². The van der Waals surface area contributed by atoms with Gasteiger partial charge in [-0.3, -0.25) is 4.90 Å². The van der Waals surface area contributed by atoms with Crippen LogP contribution in [0.2, 0.25) is 0 Å². The van der Waals surface area contributed by atoms with E-state index in [1.54, 1.807) is 12.1 Å². The summed E-state index contributed by atoms with van der Waals surface area (Å²) in [7, 11) is 0. The topological polar surface area (TPSA) is 59.0 Å². The number of nitrogens with zero attached hydrogens (tertiary/aromatic N) is 1. The van der Waals surface area contributed by atoms with E-state index in [9.17, 15) is 9.90 Å². The maximum Gasteiger partial charge on any atom is 0.339 e. The molecule has 1 aliphatic rings. The highest BCUT2D eigenvalue weighted by molar-refractivity contribution is 5.97. The van der Waals surface area contributed by atoms with Crippen molar-refractivity contribution in [2.24, 2.45) is 0 Å². The van der Waals surface area contributed by atoms with Crippen LogP contribution < -0.4 is 4.74 Å². The number of hydrogen-bond donors (Lipinski definition) is 1. The minimum absolute atomic E-state index is 0.192. The molecule has 0 bridgehead atoms. The average molecular weight is 301 g/mol. The maximum atomic E-state index is 11.5. The van der Waals surface area contributed by atoms with Gasteiger partial charge in [0.05, 0.1) is 13.2 Å². The molecule has 1 N–H and O–H groups in total. The fraction of sp³-hybridized carbons (Fsp3) is 0.353. The zero-order valence-corrected chi connectivity index (χ0v) is 12.5. The zero-order chi connectivity index (χ0) is 15.5. The van der Waals surface area contributed by atoms with Crippen LogP contribution in [0.3, 0.4) is 0 Å². The number of morpholine rings is 1. The molecule has 0 saturated carbocycles. The molecule has 1 fully saturated rings. The summed E-state index contributed by atoms with van der Waals surface area (Å²) in [5.74, 6) is -0.569. The number of fused-ring (bicyclic) bond motifs is 1. The molecule has 1 unspecified atom stereocenters. The number of hydrogen-bond acceptors (Lipinski definition) is 4. The van der Waals surface area contributed by atoms with Crippen molar-refractivity contribution in [3.05, 3.63) is 42.0 Å². The van der Waals surface area contributed by atoms with Gasteiger partial charge in [0.15, 0.2) is 0 Å². The van der Waals surface area contributed by atoms with Gasteiger partial charge >= 0.3 is 5.97 Å². The van der Waals surface area contributed by atoms with Gasteiger partial charge in [0.25, 0.3) is 0 Å². The van der Waals surface area contributed by atoms with Crippen molar-refractivity contribution >= 4 is 16.7 Å². The first-order valence-electron chi connectivity index (χ1n) is 7.39. The van der Waals surface area contributed by atoms with Gasteiger partial charge in [-0.05, 0) is 29.8 Å². The minimum atomic E-state index is -0.977. The lowest BCUT2D eigenvalue weighted by Crippen LogP contribution is -2.44. The fourth-order valence-electron chi connectivity index (χ4n) is 2.68. The predicted octanol–water partition coefficient (Wildman–Crippen LogP) is 2.60. The van der Waals surface area contributed by atoms with Crippen molar-refractivity contribution < 1.29 is 19.4 Å². The van der Waals surface area contributed by atoms with Gasteiger partial charge in [0, 0.05) is 13.1 Å². The standard InChI is InChI=1S/C17H19NO4/c1-12(18-6-8-21-9-7-18)22-16-11-14-5-3-2-4-13(14)10-15(16)17(19)20/h2-5,10-12H,6-9H2,1H3,(H,19,20). The second-order valence-electron chi connectivity index (χ2n) is 5.37. The van der Waals surface area contributed by atoms with Gasteiger partial charge in [-0.25, -0.2) is 4.79 Å². The average Bonchev–Trinajstić information content (AvgIpc) is 2.54. The van der Waals surface area contributed by atoms with E-state index in [4.69, 9.17) is 9.47 Å². The largest absolute Gasteiger partial charge is 0.478 e. The molecule has 5 heteroatoms. The Morgan fingerprint density at radius 3 is 2.50 bits per heavy atom. The highest BCUT2D eigenvalue weighted by atomic mass is 16.5. The second-order valence-corrected chi connectivity index (χ2v) is 5.37. The van der Waals surface area contributed by atoms with Gasteiger partial charge in [-0.1, -0.05) is 24.3 Å². The Morgan fingerprint density at radius 2 is 1.86 bits per heavy atom. The molecule has 0 radical (unpaired) electrons. The summed E-state index contributed by atoms with van der Waals surface area (Å²) in [5, 5.41) is 11.3. The van der Waals surface area contributed by atoms with E-state index in [1.165, 1.54) is 0 Å². The van der Waals surface area contributed by atoms with Crippen LogP contribution in [-0.4, -0.2) is 48.5 Å². The Balaban J connectivity index is 1.90. The van der Waals surface area contributed by atoms with Crippen molar-refractivity contribution in [2.45, 2.75) is 13.2 Å². The van der Waals surface area contributed by atoms with Gasteiger partial charge in [0.1, 0.15) is 17.5 Å². The van der Waals surface area contributed by atoms with Crippen LogP contribution in [-0.2, 0) is 4.74 Å². The molecule has 1 aliphatic heterocycles. The third kappa shape index (κ3) is 3.05. The lowest BCUT2D eigenvalue weighted by atomic mass is 10.1. The number of carboxylic acid groups (broad SMARTS) is 1. The number of aromatic carboxylic acids is 1. The summed E-state index contributed by atoms with van der Waals surface area (Å²) in [6.07, 6.45) is -0.192. The van der Waals surface area contributed by atoms with Gasteiger partial charge in [-0.2, -0.15) is 0 Å². The molecule has 22 heavy (non-hydrogen) atoms. The zero-order valence-electron chi connectivity index (χ0n) is 12.5. The highest BCUT2D eigenvalue weighted by Gasteiger charge is 2.21. The van der Waals surface area contributed by atoms with Crippen molar-refractivity contribution in [2.75, 3.05) is 26.3 Å². The molecule has 2 aromatic carbocycles. The van der Waals surface area contributed by atoms with E-state index in [1.807, 2.05) is 31.2 Å². The van der Waals surface area contributed by atoms with Crippen molar-refractivity contribution in [1.82, 2.24) is 4.90 Å². The molecule has 0 amide bonds. The van der Waals surface area contributed by atoms with Crippen LogP contribution in [0.15, 0.2) is 36.4 Å². The molecule has 5 nitrogen and oxygen atoms in total. The third-order valence-electron chi connectivity index (χ3n) is 3.94. The minimum Gasteiger partial charge on any atom is -0.478 e. The Kier molecular flexibility index (Phi) is 4.27. The summed E-state index contributed by atoms with van der Waals surface area (Å²) in [6, 6.07) is 11.1. The molecule has 1 heterocycles. The monoisotopic (exact) mass is 301 g/mol. The normalized spacial score (nSPS) is 17.3. The summed E-state index contributed by atoms with van der Waals surface area (Å²) >= 11 is 0. The first kappa shape index (κ1) is 14.8. The van der Waals surface area contributed by atoms with Crippen LogP contribution in [0, 0.1) is 0 Å². The first-order chi connectivity index (χ1) is 10.6. The van der Waals surface area contributed by atoms with Crippen molar-refractivity contribution in [3.8, 4) is 5.75 Å². The molecule has 0 aliphatic carbocycles. The van der Waals surface area contributed by atoms with Crippen LogP contribution in [0.25, 0.3) is 10.8 Å². The first-order valence-corrected chi connectivity index (χ1v) is 7.39. The molecule has 0 aromatic heterocycles. The molecule has 3 rings (SSSR count). The molecule has 2 aromatic rings. The smallest absolute Gasteiger partial charge is 0.339 e. The lowest BCUT2D eigenvalue weighted by molar-refractivity contribution is -0.0375. The summed E-state index contributed by atoms with van der Waals surface area (Å²) in [5.41, 5.74) is 0.193. The Hall–Kier alpha value is -2.11. The van der Waals surface area contributed by atoms with Crippen LogP contribution >= 0.6 is 0 Å². The molecule has 1 atom stereocenters. The van der Waals surface area contributed by atoms with E-state index in [0.717, 1.165) is 23.9 Å². The molecule has 116 valence electrons. The number of carboxylic acids is 1. The van der Waals surface area contributed by atoms with E-state index < -0.39 is 5.97 Å². The van der Waals surface area contributed by atoms with Crippen LogP contribution in [0.5, 0.6) is 5.75 Å². The number of benzene rings is 2. The van der Waals surface area contributed by atoms with E-state index >= 15 is 0 Å². The summed E-state index contributed by atoms with van der Waals surface area (Å²) in [4.78, 5) is 13.7. The van der Waals surface area contributed by atoms with Crippen LogP contribution in [0.1, 0.15) is 17.3 Å². The quantitative estimate of drug-likeness (QED) is 0.940. The molecular weight excluding hydrogens is 282 g/mol. The van der Waals surface area contributed by atoms with Gasteiger partial charge in [-0.15, -0.1) is 0 Å². The van der Waals surface area contributed by atoms with Crippen LogP contribution in [0.4, 0.5) is 0 Å².